The van der Waals surface area contributed by atoms with Crippen molar-refractivity contribution >= 4 is 39.1 Å². The van der Waals surface area contributed by atoms with Crippen LogP contribution < -0.4 is 5.32 Å². The summed E-state index contributed by atoms with van der Waals surface area (Å²) in [4.78, 5) is 15.1. The molecule has 2 aliphatic heterocycles. The van der Waals surface area contributed by atoms with E-state index in [1.165, 1.54) is 0 Å². The topological polar surface area (TPSA) is 66.5 Å². The molecule has 2 aromatic rings. The standard InChI is InChI=1S/C23H27ClN2O3S2/c24-19-10-8-18(9-11-19)23(17-6-2-1-3-7-17)30-14-22(27)25-20-15-31(28,29)16-21(20)26-12-4-5-13-26/h1-3,6-11,20-21,23H,4-5,12-16H2,(H,25,27). The molecule has 0 radical (unpaired) electrons. The lowest BCUT2D eigenvalue weighted by atomic mass is 10.0. The van der Waals surface area contributed by atoms with Crippen LogP contribution in [-0.2, 0) is 14.6 Å². The van der Waals surface area contributed by atoms with E-state index in [4.69, 9.17) is 11.6 Å². The van der Waals surface area contributed by atoms with E-state index in [0.29, 0.717) is 5.02 Å². The number of benzene rings is 2. The van der Waals surface area contributed by atoms with Crippen LogP contribution in [0.1, 0.15) is 29.2 Å². The smallest absolute Gasteiger partial charge is 0.230 e. The first kappa shape index (κ1) is 22.6. The summed E-state index contributed by atoms with van der Waals surface area (Å²) in [6, 6.07) is 17.3. The number of amides is 1. The summed E-state index contributed by atoms with van der Waals surface area (Å²) in [5.41, 5.74) is 2.19. The zero-order valence-electron chi connectivity index (χ0n) is 17.2. The summed E-state index contributed by atoms with van der Waals surface area (Å²) in [7, 11) is -3.12. The molecule has 4 rings (SSSR count). The molecule has 3 atom stereocenters. The molecule has 5 nitrogen and oxygen atoms in total. The second kappa shape index (κ2) is 9.94. The van der Waals surface area contributed by atoms with E-state index in [2.05, 4.69) is 22.3 Å². The highest BCUT2D eigenvalue weighted by Gasteiger charge is 2.42. The Morgan fingerprint density at radius 2 is 1.68 bits per heavy atom. The summed E-state index contributed by atoms with van der Waals surface area (Å²) in [5, 5.41) is 3.69. The van der Waals surface area contributed by atoms with E-state index in [1.807, 2.05) is 42.5 Å². The molecule has 31 heavy (non-hydrogen) atoms. The molecule has 0 bridgehead atoms. The van der Waals surface area contributed by atoms with Crippen molar-refractivity contribution in [3.8, 4) is 0 Å². The van der Waals surface area contributed by atoms with Gasteiger partial charge in [0.25, 0.3) is 0 Å². The molecular weight excluding hydrogens is 452 g/mol. The predicted octanol–water partition coefficient (Wildman–Crippen LogP) is 3.54. The number of halogens is 1. The van der Waals surface area contributed by atoms with Crippen molar-refractivity contribution in [2.24, 2.45) is 0 Å². The number of carbonyl (C=O) groups is 1. The van der Waals surface area contributed by atoms with Gasteiger partial charge in [-0.15, -0.1) is 11.8 Å². The van der Waals surface area contributed by atoms with Crippen LogP contribution in [0, 0.1) is 0 Å². The minimum atomic E-state index is -3.12. The number of hydrogen-bond acceptors (Lipinski definition) is 5. The molecule has 3 unspecified atom stereocenters. The Kier molecular flexibility index (Phi) is 7.26. The molecule has 1 amide bonds. The first-order valence-corrected chi connectivity index (χ1v) is 13.8. The van der Waals surface area contributed by atoms with Crippen molar-refractivity contribution in [1.82, 2.24) is 10.2 Å². The van der Waals surface area contributed by atoms with Crippen LogP contribution >= 0.6 is 23.4 Å². The highest BCUT2D eigenvalue weighted by molar-refractivity contribution is 8.00. The van der Waals surface area contributed by atoms with Crippen molar-refractivity contribution < 1.29 is 13.2 Å². The lowest BCUT2D eigenvalue weighted by Crippen LogP contribution is -2.50. The second-order valence-electron chi connectivity index (χ2n) is 8.21. The monoisotopic (exact) mass is 478 g/mol. The average molecular weight is 479 g/mol. The third-order valence-corrected chi connectivity index (χ3v) is 9.21. The van der Waals surface area contributed by atoms with Gasteiger partial charge in [0.1, 0.15) is 0 Å². The van der Waals surface area contributed by atoms with Crippen molar-refractivity contribution in [3.05, 3.63) is 70.7 Å². The number of thioether (sulfide) groups is 1. The summed E-state index contributed by atoms with van der Waals surface area (Å²) >= 11 is 7.59. The largest absolute Gasteiger partial charge is 0.350 e. The minimum Gasteiger partial charge on any atom is -0.350 e. The molecule has 0 spiro atoms. The first-order valence-electron chi connectivity index (χ1n) is 10.6. The highest BCUT2D eigenvalue weighted by atomic mass is 35.5. The summed E-state index contributed by atoms with van der Waals surface area (Å²) in [6.45, 7) is 1.82. The Hall–Kier alpha value is -1.54. The fourth-order valence-electron chi connectivity index (χ4n) is 4.46. The van der Waals surface area contributed by atoms with Crippen LogP contribution in [0.25, 0.3) is 0 Å². The van der Waals surface area contributed by atoms with Crippen LogP contribution in [0.3, 0.4) is 0 Å². The highest BCUT2D eigenvalue weighted by Crippen LogP contribution is 2.36. The average Bonchev–Trinajstić information content (AvgIpc) is 3.37. The van der Waals surface area contributed by atoms with E-state index in [-0.39, 0.29) is 40.5 Å². The maximum absolute atomic E-state index is 12.8. The van der Waals surface area contributed by atoms with E-state index < -0.39 is 9.84 Å². The van der Waals surface area contributed by atoms with E-state index in [9.17, 15) is 13.2 Å². The Morgan fingerprint density at radius 1 is 1.03 bits per heavy atom. The molecule has 2 aliphatic rings. The lowest BCUT2D eigenvalue weighted by molar-refractivity contribution is -0.119. The quantitative estimate of drug-likeness (QED) is 0.659. The number of hydrogen-bond donors (Lipinski definition) is 1. The zero-order valence-corrected chi connectivity index (χ0v) is 19.6. The molecule has 0 aliphatic carbocycles. The number of rotatable bonds is 7. The number of likely N-dealkylation sites (tertiary alicyclic amines) is 1. The van der Waals surface area contributed by atoms with Gasteiger partial charge in [0.05, 0.1) is 28.6 Å². The summed E-state index contributed by atoms with van der Waals surface area (Å²) in [5.74, 6) is 0.309. The molecule has 2 saturated heterocycles. The van der Waals surface area contributed by atoms with Crippen LogP contribution in [0.2, 0.25) is 5.02 Å². The molecule has 1 N–H and O–H groups in total. The van der Waals surface area contributed by atoms with Gasteiger partial charge in [-0.2, -0.15) is 0 Å². The third-order valence-electron chi connectivity index (χ3n) is 5.93. The Bertz CT molecular complexity index is 993. The van der Waals surface area contributed by atoms with Gasteiger partial charge in [-0.25, -0.2) is 8.42 Å². The van der Waals surface area contributed by atoms with E-state index in [1.54, 1.807) is 11.8 Å². The number of nitrogens with one attached hydrogen (secondary N) is 1. The molecule has 166 valence electrons. The minimum absolute atomic E-state index is 0.00842. The van der Waals surface area contributed by atoms with Crippen LogP contribution in [0.5, 0.6) is 0 Å². The summed E-state index contributed by atoms with van der Waals surface area (Å²) < 4.78 is 24.5. The molecule has 8 heteroatoms. The SMILES string of the molecule is O=C(CSC(c1ccccc1)c1ccc(Cl)cc1)NC1CS(=O)(=O)CC1N1CCCC1. The van der Waals surface area contributed by atoms with E-state index >= 15 is 0 Å². The van der Waals surface area contributed by atoms with Gasteiger partial charge in [-0.3, -0.25) is 9.69 Å². The van der Waals surface area contributed by atoms with Crippen molar-refractivity contribution in [1.29, 1.82) is 0 Å². The van der Waals surface area contributed by atoms with Crippen LogP contribution in [0.4, 0.5) is 0 Å². The van der Waals surface area contributed by atoms with Gasteiger partial charge in [0.2, 0.25) is 5.91 Å². The zero-order chi connectivity index (χ0) is 21.8. The van der Waals surface area contributed by atoms with E-state index in [0.717, 1.165) is 37.1 Å². The second-order valence-corrected chi connectivity index (χ2v) is 11.9. The molecule has 0 saturated carbocycles. The first-order chi connectivity index (χ1) is 14.9. The van der Waals surface area contributed by atoms with Gasteiger partial charge in [0.15, 0.2) is 9.84 Å². The van der Waals surface area contributed by atoms with Gasteiger partial charge < -0.3 is 5.32 Å². The Labute approximate surface area is 193 Å². The third kappa shape index (κ3) is 5.83. The van der Waals surface area contributed by atoms with Crippen molar-refractivity contribution in [2.45, 2.75) is 30.2 Å². The molecule has 2 aromatic carbocycles. The number of sulfone groups is 1. The lowest BCUT2D eigenvalue weighted by Gasteiger charge is -2.28. The number of nitrogens with zero attached hydrogens (tertiary/aromatic N) is 1. The fourth-order valence-corrected chi connectivity index (χ4v) is 7.64. The number of carbonyl (C=O) groups excluding carboxylic acids is 1. The molecule has 0 aromatic heterocycles. The van der Waals surface area contributed by atoms with Crippen LogP contribution in [0.15, 0.2) is 54.6 Å². The van der Waals surface area contributed by atoms with Crippen molar-refractivity contribution in [2.75, 3.05) is 30.3 Å². The molecule has 2 heterocycles. The maximum atomic E-state index is 12.8. The van der Waals surface area contributed by atoms with Gasteiger partial charge in [-0.1, -0.05) is 54.1 Å². The van der Waals surface area contributed by atoms with Crippen molar-refractivity contribution in [3.63, 3.8) is 0 Å². The molecule has 2 fully saturated rings. The Morgan fingerprint density at radius 3 is 2.35 bits per heavy atom. The predicted molar refractivity (Wildman–Crippen MR) is 127 cm³/mol. The maximum Gasteiger partial charge on any atom is 0.230 e. The molecular formula is C23H27ClN2O3S2. The fraction of sp³-hybridized carbons (Fsp3) is 0.435. The normalized spacial score (nSPS) is 24.2. The van der Waals surface area contributed by atoms with Crippen LogP contribution in [-0.4, -0.2) is 61.7 Å². The van der Waals surface area contributed by atoms with Gasteiger partial charge in [-0.05, 0) is 49.2 Å². The van der Waals surface area contributed by atoms with Gasteiger partial charge in [0, 0.05) is 11.1 Å². The Balaban J connectivity index is 1.43. The van der Waals surface area contributed by atoms with Gasteiger partial charge >= 0.3 is 0 Å². The summed E-state index contributed by atoms with van der Waals surface area (Å²) in [6.07, 6.45) is 2.18.